The van der Waals surface area contributed by atoms with Crippen molar-refractivity contribution in [2.24, 2.45) is 0 Å². The van der Waals surface area contributed by atoms with E-state index in [2.05, 4.69) is 12.2 Å². The maximum absolute atomic E-state index is 12.5. The summed E-state index contributed by atoms with van der Waals surface area (Å²) < 4.78 is 26.2. The number of anilines is 1. The van der Waals surface area contributed by atoms with Gasteiger partial charge >= 0.3 is 0 Å². The summed E-state index contributed by atoms with van der Waals surface area (Å²) in [6.07, 6.45) is 1.18. The molecule has 0 aromatic heterocycles. The molecule has 0 spiro atoms. The Morgan fingerprint density at radius 1 is 1.03 bits per heavy atom. The monoisotopic (exact) mass is 470 g/mol. The first-order chi connectivity index (χ1) is 15.1. The Bertz CT molecular complexity index is 1180. The van der Waals surface area contributed by atoms with Crippen molar-refractivity contribution in [3.63, 3.8) is 0 Å². The molecule has 0 heterocycles. The van der Waals surface area contributed by atoms with E-state index < -0.39 is 10.0 Å². The third-order valence-electron chi connectivity index (χ3n) is 5.31. The number of sulfonamides is 1. The lowest BCUT2D eigenvalue weighted by atomic mass is 10.0. The smallest absolute Gasteiger partial charge is 0.251 e. The summed E-state index contributed by atoms with van der Waals surface area (Å²) in [7, 11) is -3.51. The van der Waals surface area contributed by atoms with Crippen LogP contribution >= 0.6 is 11.6 Å². The van der Waals surface area contributed by atoms with Crippen LogP contribution in [0.3, 0.4) is 0 Å². The van der Waals surface area contributed by atoms with E-state index in [1.165, 1.54) is 16.1 Å². The normalized spacial score (nSPS) is 12.2. The van der Waals surface area contributed by atoms with Crippen LogP contribution in [-0.4, -0.2) is 27.1 Å². The van der Waals surface area contributed by atoms with Crippen LogP contribution in [0.15, 0.2) is 72.8 Å². The summed E-state index contributed by atoms with van der Waals surface area (Å²) in [5, 5.41) is 3.52. The molecule has 1 amide bonds. The molecule has 0 aliphatic heterocycles. The van der Waals surface area contributed by atoms with Crippen molar-refractivity contribution in [1.82, 2.24) is 5.32 Å². The highest BCUT2D eigenvalue weighted by molar-refractivity contribution is 7.92. The third kappa shape index (κ3) is 6.11. The second-order valence-electron chi connectivity index (χ2n) is 7.92. The Morgan fingerprint density at radius 3 is 2.28 bits per heavy atom. The molecule has 0 radical (unpaired) electrons. The van der Waals surface area contributed by atoms with Crippen LogP contribution < -0.4 is 9.62 Å². The number of rotatable bonds is 8. The molecule has 3 rings (SSSR count). The molecule has 0 fully saturated rings. The first-order valence-electron chi connectivity index (χ1n) is 10.3. The van der Waals surface area contributed by atoms with E-state index in [0.717, 1.165) is 11.1 Å². The summed E-state index contributed by atoms with van der Waals surface area (Å²) in [6, 6.07) is 22.1. The van der Waals surface area contributed by atoms with Crippen LogP contribution in [0, 0.1) is 6.92 Å². The molecule has 3 aromatic carbocycles. The van der Waals surface area contributed by atoms with Crippen molar-refractivity contribution in [3.8, 4) is 0 Å². The zero-order valence-corrected chi connectivity index (χ0v) is 20.0. The van der Waals surface area contributed by atoms with Crippen molar-refractivity contribution in [1.29, 1.82) is 0 Å². The van der Waals surface area contributed by atoms with Crippen molar-refractivity contribution in [3.05, 3.63) is 100 Å². The lowest BCUT2D eigenvalue weighted by Gasteiger charge is -2.24. The zero-order chi connectivity index (χ0) is 23.3. The molecule has 7 heteroatoms. The number of amides is 1. The lowest BCUT2D eigenvalue weighted by molar-refractivity contribution is 0.0951. The Morgan fingerprint density at radius 2 is 1.69 bits per heavy atom. The molecular weight excluding hydrogens is 444 g/mol. The highest BCUT2D eigenvalue weighted by Gasteiger charge is 2.20. The number of halogens is 1. The fourth-order valence-electron chi connectivity index (χ4n) is 3.45. The van der Waals surface area contributed by atoms with Gasteiger partial charge in [-0.1, -0.05) is 61.0 Å². The largest absolute Gasteiger partial charge is 0.351 e. The van der Waals surface area contributed by atoms with Gasteiger partial charge in [-0.15, -0.1) is 0 Å². The van der Waals surface area contributed by atoms with Gasteiger partial charge in [0.2, 0.25) is 10.0 Å². The number of benzene rings is 3. The summed E-state index contributed by atoms with van der Waals surface area (Å²) in [4.78, 5) is 12.5. The van der Waals surface area contributed by atoms with Gasteiger partial charge < -0.3 is 5.32 Å². The number of aryl methyl sites for hydroxylation is 1. The van der Waals surface area contributed by atoms with Crippen LogP contribution in [0.2, 0.25) is 5.02 Å². The topological polar surface area (TPSA) is 66.5 Å². The van der Waals surface area contributed by atoms with E-state index in [1.807, 2.05) is 37.3 Å². The van der Waals surface area contributed by atoms with Gasteiger partial charge in [0.05, 0.1) is 18.5 Å². The Labute approximate surface area is 195 Å². The fraction of sp³-hybridized carbons (Fsp3) is 0.240. The second-order valence-corrected chi connectivity index (χ2v) is 10.3. The predicted molar refractivity (Wildman–Crippen MR) is 131 cm³/mol. The second kappa shape index (κ2) is 10.2. The molecule has 1 N–H and O–H groups in total. The highest BCUT2D eigenvalue weighted by atomic mass is 35.5. The predicted octanol–water partition coefficient (Wildman–Crippen LogP) is 5.15. The molecule has 0 saturated heterocycles. The average Bonchev–Trinajstić information content (AvgIpc) is 2.76. The third-order valence-corrected chi connectivity index (χ3v) is 6.67. The average molecular weight is 471 g/mol. The first kappa shape index (κ1) is 23.8. The lowest BCUT2D eigenvalue weighted by Crippen LogP contribution is -2.30. The number of nitrogens with zero attached hydrogens (tertiary/aromatic N) is 1. The van der Waals surface area contributed by atoms with Gasteiger partial charge in [0.15, 0.2) is 0 Å². The molecule has 1 unspecified atom stereocenters. The zero-order valence-electron chi connectivity index (χ0n) is 18.4. The standard InChI is InChI=1S/C25H27ClN2O3S/c1-18-15-23(26)13-14-24(18)28(32(3,30)31)17-20-9-11-22(12-10-20)25(29)27-16-19(2)21-7-5-4-6-8-21/h4-15,19H,16-17H2,1-3H3,(H,27,29). The Hall–Kier alpha value is -2.83. The molecule has 0 aliphatic rings. The van der Waals surface area contributed by atoms with E-state index in [1.54, 1.807) is 42.5 Å². The van der Waals surface area contributed by atoms with E-state index in [-0.39, 0.29) is 18.4 Å². The summed E-state index contributed by atoms with van der Waals surface area (Å²) in [5.41, 5.74) is 3.82. The molecule has 0 bridgehead atoms. The SMILES string of the molecule is Cc1cc(Cl)ccc1N(Cc1ccc(C(=O)NCC(C)c2ccccc2)cc1)S(C)(=O)=O. The van der Waals surface area contributed by atoms with E-state index in [9.17, 15) is 13.2 Å². The fourth-order valence-corrected chi connectivity index (χ4v) is 4.63. The first-order valence-corrected chi connectivity index (χ1v) is 12.5. The maximum Gasteiger partial charge on any atom is 0.251 e. The van der Waals surface area contributed by atoms with Gasteiger partial charge in [0.1, 0.15) is 0 Å². The summed E-state index contributed by atoms with van der Waals surface area (Å²) in [5.74, 6) is 0.0400. The van der Waals surface area contributed by atoms with Crippen molar-refractivity contribution < 1.29 is 13.2 Å². The van der Waals surface area contributed by atoms with Crippen LogP contribution in [0.4, 0.5) is 5.69 Å². The van der Waals surface area contributed by atoms with Gasteiger partial charge in [-0.2, -0.15) is 0 Å². The quantitative estimate of drug-likeness (QED) is 0.495. The minimum Gasteiger partial charge on any atom is -0.351 e. The van der Waals surface area contributed by atoms with Gasteiger partial charge in [-0.25, -0.2) is 8.42 Å². The minimum absolute atomic E-state index is 0.159. The van der Waals surface area contributed by atoms with Crippen LogP contribution in [0.1, 0.15) is 39.9 Å². The summed E-state index contributed by atoms with van der Waals surface area (Å²) >= 11 is 6.02. The van der Waals surface area contributed by atoms with Crippen LogP contribution in [-0.2, 0) is 16.6 Å². The number of hydrogen-bond acceptors (Lipinski definition) is 3. The molecule has 0 aliphatic carbocycles. The van der Waals surface area contributed by atoms with Crippen LogP contribution in [0.25, 0.3) is 0 Å². The van der Waals surface area contributed by atoms with Gasteiger partial charge in [-0.05, 0) is 59.9 Å². The number of carbonyl (C=O) groups is 1. The molecule has 5 nitrogen and oxygen atoms in total. The van der Waals surface area contributed by atoms with Crippen molar-refractivity contribution >= 4 is 33.2 Å². The number of carbonyl (C=O) groups excluding carboxylic acids is 1. The van der Waals surface area contributed by atoms with Gasteiger partial charge in [-0.3, -0.25) is 9.10 Å². The van der Waals surface area contributed by atoms with E-state index >= 15 is 0 Å². The van der Waals surface area contributed by atoms with Crippen LogP contribution in [0.5, 0.6) is 0 Å². The molecular formula is C25H27ClN2O3S. The molecule has 0 saturated carbocycles. The van der Waals surface area contributed by atoms with Crippen molar-refractivity contribution in [2.75, 3.05) is 17.1 Å². The molecule has 1 atom stereocenters. The Balaban J connectivity index is 1.69. The van der Waals surface area contributed by atoms with Gasteiger partial charge in [0, 0.05) is 17.1 Å². The van der Waals surface area contributed by atoms with Crippen molar-refractivity contribution in [2.45, 2.75) is 26.3 Å². The summed E-state index contributed by atoms with van der Waals surface area (Å²) in [6.45, 7) is 4.58. The van der Waals surface area contributed by atoms with E-state index in [4.69, 9.17) is 11.6 Å². The maximum atomic E-state index is 12.5. The van der Waals surface area contributed by atoms with E-state index in [0.29, 0.717) is 22.8 Å². The Kier molecular flexibility index (Phi) is 7.59. The van der Waals surface area contributed by atoms with Gasteiger partial charge in [0.25, 0.3) is 5.91 Å². The highest BCUT2D eigenvalue weighted by Crippen LogP contribution is 2.27. The molecule has 168 valence electrons. The number of hydrogen-bond donors (Lipinski definition) is 1. The molecule has 32 heavy (non-hydrogen) atoms. The molecule has 3 aromatic rings. The number of nitrogens with one attached hydrogen (secondary N) is 1. The minimum atomic E-state index is -3.51.